The van der Waals surface area contributed by atoms with Crippen molar-refractivity contribution < 1.29 is 87.0 Å². The number of ether oxygens (including phenoxy) is 4. The predicted octanol–water partition coefficient (Wildman–Crippen LogP) is -1.35. The molecule has 0 saturated heterocycles. The third kappa shape index (κ3) is 15.9. The topological polar surface area (TPSA) is 285 Å². The molecule has 0 bridgehead atoms. The maximum atomic E-state index is 12.0. The summed E-state index contributed by atoms with van der Waals surface area (Å²) < 4.78 is 18.9. The first-order valence-electron chi connectivity index (χ1n) is 11.3. The number of hydrogen-bond acceptors (Lipinski definition) is 15. The summed E-state index contributed by atoms with van der Waals surface area (Å²) in [5, 5.41) is 24.0. The van der Waals surface area contributed by atoms with Crippen LogP contribution in [0.3, 0.4) is 0 Å². The maximum absolute atomic E-state index is 12.0. The van der Waals surface area contributed by atoms with E-state index in [1.165, 1.54) is 14.2 Å². The maximum Gasteiger partial charge on any atom is 0.373 e. The van der Waals surface area contributed by atoms with E-state index in [4.69, 9.17) is 58.2 Å². The van der Waals surface area contributed by atoms with Crippen LogP contribution in [0, 0.1) is 35.5 Å². The summed E-state index contributed by atoms with van der Waals surface area (Å²) in [6, 6.07) is 0. The van der Waals surface area contributed by atoms with Crippen molar-refractivity contribution >= 4 is 55.6 Å². The Hall–Kier alpha value is -4.95. The minimum absolute atomic E-state index is 0.0195. The van der Waals surface area contributed by atoms with Crippen molar-refractivity contribution in [2.45, 2.75) is 25.7 Å². The number of carbonyl (C=O) groups excluding carboxylic acids is 8. The molecule has 6 atom stereocenters. The summed E-state index contributed by atoms with van der Waals surface area (Å²) in [7, 11) is 2.42. The van der Waals surface area contributed by atoms with Gasteiger partial charge >= 0.3 is 36.2 Å². The lowest BCUT2D eigenvalue weighted by Crippen LogP contribution is -2.35. The fourth-order valence-corrected chi connectivity index (χ4v) is 4.44. The Morgan fingerprint density at radius 2 is 1.02 bits per heavy atom. The zero-order chi connectivity index (χ0) is 32.4. The highest BCUT2D eigenvalue weighted by Gasteiger charge is 2.52. The molecule has 230 valence electrons. The van der Waals surface area contributed by atoms with Gasteiger partial charge in [0.05, 0.1) is 51.1 Å². The van der Waals surface area contributed by atoms with E-state index in [0.29, 0.717) is 25.7 Å². The minimum atomic E-state index is -0.977. The molecule has 0 radical (unpaired) electrons. The molecular weight excluding hydrogens is 564 g/mol. The van der Waals surface area contributed by atoms with Crippen molar-refractivity contribution in [3.05, 3.63) is 0 Å². The van der Waals surface area contributed by atoms with Gasteiger partial charge in [0.25, 0.3) is 19.4 Å². The van der Waals surface area contributed by atoms with Crippen molar-refractivity contribution in [1.29, 1.82) is 0 Å². The van der Waals surface area contributed by atoms with Crippen LogP contribution in [-0.4, -0.2) is 98.3 Å². The number of carboxylic acids is 2. The smallest absolute Gasteiger partial charge is 0.373 e. The lowest BCUT2D eigenvalue weighted by molar-refractivity contribution is -0.193. The van der Waals surface area contributed by atoms with Gasteiger partial charge in [0, 0.05) is 11.8 Å². The van der Waals surface area contributed by atoms with Crippen LogP contribution in [0.4, 0.5) is 0 Å². The summed E-state index contributed by atoms with van der Waals surface area (Å²) in [5.74, 6) is -6.84. The van der Waals surface area contributed by atoms with Gasteiger partial charge in [0.2, 0.25) is 0 Å². The van der Waals surface area contributed by atoms with Gasteiger partial charge in [-0.05, 0) is 19.3 Å². The second-order valence-electron chi connectivity index (χ2n) is 7.81. The second-order valence-corrected chi connectivity index (χ2v) is 7.81. The van der Waals surface area contributed by atoms with Crippen molar-refractivity contribution in [2.75, 3.05) is 27.4 Å². The number of rotatable bonds is 10. The summed E-state index contributed by atoms with van der Waals surface area (Å²) in [6.45, 7) is 0.260. The molecule has 18 heteroatoms. The lowest BCUT2D eigenvalue weighted by Gasteiger charge is -2.22. The molecule has 0 aromatic heterocycles. The minimum Gasteiger partial charge on any atom is -0.483 e. The molecule has 2 aliphatic rings. The highest BCUT2D eigenvalue weighted by molar-refractivity contribution is 5.83. The largest absolute Gasteiger partial charge is 0.483 e. The van der Waals surface area contributed by atoms with Crippen LogP contribution in [0.2, 0.25) is 0 Å². The molecule has 0 aromatic carbocycles. The number of carboxylic acid groups (broad SMARTS) is 3. The van der Waals surface area contributed by atoms with Crippen LogP contribution in [0.15, 0.2) is 0 Å². The van der Waals surface area contributed by atoms with E-state index in [1.54, 1.807) is 0 Å². The van der Waals surface area contributed by atoms with Gasteiger partial charge in [-0.15, -0.1) is 0 Å². The molecule has 2 fully saturated rings. The first kappa shape index (κ1) is 40.5. The van der Waals surface area contributed by atoms with E-state index in [2.05, 4.69) is 0 Å². The summed E-state index contributed by atoms with van der Waals surface area (Å²) >= 11 is 0. The molecule has 2 aliphatic carbocycles. The van der Waals surface area contributed by atoms with Crippen LogP contribution >= 0.6 is 0 Å². The van der Waals surface area contributed by atoms with Gasteiger partial charge in [-0.1, -0.05) is 6.42 Å². The zero-order valence-corrected chi connectivity index (χ0v) is 21.9. The lowest BCUT2D eigenvalue weighted by atomic mass is 9.87. The highest BCUT2D eigenvalue weighted by Crippen LogP contribution is 2.43. The van der Waals surface area contributed by atoms with Gasteiger partial charge < -0.3 is 34.3 Å². The van der Waals surface area contributed by atoms with Gasteiger partial charge in [-0.25, -0.2) is 0 Å². The quantitative estimate of drug-likeness (QED) is 0.150. The normalized spacial score (nSPS) is 22.9. The zero-order valence-electron chi connectivity index (χ0n) is 21.9. The van der Waals surface area contributed by atoms with Crippen molar-refractivity contribution in [3.63, 3.8) is 0 Å². The fourth-order valence-electron chi connectivity index (χ4n) is 4.44. The standard InChI is InChI=1S/C13H18O8.C7H10O4.CH2O2.2CO2/c1-18-12(16)10-8(4-20-6-14)3-9(5-21-7-15)11(10)13(17)19-2;8-6(9)4-2-1-3-5(4)7(10)11;3*2-1-3/h6-11H,3-5H2,1-2H3;4-5H,1-3H2,(H,8,9)(H,10,11);1H,(H,2,3);;. The number of aliphatic carboxylic acids is 2. The number of carbonyl (C=O) groups is 7. The monoisotopic (exact) mass is 594 g/mol. The van der Waals surface area contributed by atoms with Gasteiger partial charge in [0.1, 0.15) is 0 Å². The van der Waals surface area contributed by atoms with Gasteiger partial charge in [-0.3, -0.25) is 33.6 Å². The van der Waals surface area contributed by atoms with Gasteiger partial charge in [0.15, 0.2) is 0 Å². The molecule has 0 heterocycles. The number of methoxy groups -OCH3 is 2. The molecule has 0 aromatic rings. The third-order valence-electron chi connectivity index (χ3n) is 5.86. The predicted molar refractivity (Wildman–Crippen MR) is 121 cm³/mol. The Bertz CT molecular complexity index is 834. The number of esters is 2. The summed E-state index contributed by atoms with van der Waals surface area (Å²) in [6.07, 6.45) is 2.60. The average molecular weight is 594 g/mol. The van der Waals surface area contributed by atoms with E-state index in [9.17, 15) is 28.8 Å². The van der Waals surface area contributed by atoms with Gasteiger partial charge in [-0.2, -0.15) is 19.2 Å². The molecule has 41 heavy (non-hydrogen) atoms. The summed E-state index contributed by atoms with van der Waals surface area (Å²) in [4.78, 5) is 106. The Morgan fingerprint density at radius 3 is 1.24 bits per heavy atom. The van der Waals surface area contributed by atoms with Crippen molar-refractivity contribution in [3.8, 4) is 0 Å². The highest BCUT2D eigenvalue weighted by atomic mass is 16.5. The Kier molecular flexibility index (Phi) is 25.1. The molecule has 3 N–H and O–H groups in total. The molecule has 0 spiro atoms. The number of hydrogen-bond donors (Lipinski definition) is 3. The van der Waals surface area contributed by atoms with Crippen LogP contribution in [0.5, 0.6) is 0 Å². The van der Waals surface area contributed by atoms with Crippen LogP contribution in [0.1, 0.15) is 25.7 Å². The van der Waals surface area contributed by atoms with Crippen molar-refractivity contribution in [1.82, 2.24) is 0 Å². The molecule has 0 amide bonds. The Morgan fingerprint density at radius 1 is 0.732 bits per heavy atom. The molecule has 18 nitrogen and oxygen atoms in total. The van der Waals surface area contributed by atoms with Crippen LogP contribution in [-0.2, 0) is 71.7 Å². The van der Waals surface area contributed by atoms with E-state index in [0.717, 1.165) is 0 Å². The van der Waals surface area contributed by atoms with Crippen molar-refractivity contribution in [2.24, 2.45) is 35.5 Å². The second kappa shape index (κ2) is 25.3. The Labute approximate surface area is 231 Å². The van der Waals surface area contributed by atoms with E-state index < -0.39 is 59.4 Å². The molecule has 2 rings (SSSR count). The van der Waals surface area contributed by atoms with Crippen LogP contribution in [0.25, 0.3) is 0 Å². The molecule has 0 aliphatic heterocycles. The average Bonchev–Trinajstić information content (AvgIpc) is 3.57. The SMILES string of the molecule is COC(=O)C1C(COC=O)CC(COC=O)C1C(=O)OC.O=C(O)C1CCCC1C(=O)O.O=C=O.O=C=O.O=CO. The first-order valence-corrected chi connectivity index (χ1v) is 11.3. The van der Waals surface area contributed by atoms with Crippen LogP contribution < -0.4 is 0 Å². The molecule has 2 saturated carbocycles. The van der Waals surface area contributed by atoms with E-state index in [1.807, 2.05) is 0 Å². The van der Waals surface area contributed by atoms with E-state index in [-0.39, 0.29) is 44.9 Å². The Balaban J connectivity index is -0.000000598. The molecule has 6 unspecified atom stereocenters. The molecular formula is C23H30O18. The first-order chi connectivity index (χ1) is 19.5. The fraction of sp³-hybridized carbons (Fsp3) is 0.609. The third-order valence-corrected chi connectivity index (χ3v) is 5.86. The summed E-state index contributed by atoms with van der Waals surface area (Å²) in [5.41, 5.74) is 0. The van der Waals surface area contributed by atoms with E-state index >= 15 is 0 Å².